The van der Waals surface area contributed by atoms with Crippen LogP contribution in [0.2, 0.25) is 0 Å². The van der Waals surface area contributed by atoms with E-state index in [2.05, 4.69) is 4.98 Å². The Labute approximate surface area is 246 Å². The quantitative estimate of drug-likeness (QED) is 0.112. The fraction of sp³-hybridized carbons (Fsp3) is 0.290. The Morgan fingerprint density at radius 3 is 2.19 bits per heavy atom. The summed E-state index contributed by atoms with van der Waals surface area (Å²) in [4.78, 5) is 53.5. The number of carbonyl (C=O) groups excluding carboxylic acids is 3. The van der Waals surface area contributed by atoms with E-state index in [1.165, 1.54) is 18.5 Å². The molecule has 0 unspecified atom stereocenters. The molecule has 1 fully saturated rings. The zero-order chi connectivity index (χ0) is 30.7. The lowest BCUT2D eigenvalue weighted by atomic mass is 10.1. The molecule has 3 atom stereocenters. The number of ether oxygens (including phenoxy) is 4. The monoisotopic (exact) mass is 587 g/mol. The van der Waals surface area contributed by atoms with Crippen LogP contribution in [-0.4, -0.2) is 57.8 Å². The lowest BCUT2D eigenvalue weighted by Crippen LogP contribution is -2.32. The fourth-order valence-corrected chi connectivity index (χ4v) is 4.79. The Morgan fingerprint density at radius 2 is 1.58 bits per heavy atom. The minimum Gasteiger partial charge on any atom is -0.462 e. The number of hydrogen-bond acceptors (Lipinski definition) is 10. The molecule has 1 aromatic heterocycles. The highest BCUT2D eigenvalue weighted by molar-refractivity contribution is 5.98. The predicted molar refractivity (Wildman–Crippen MR) is 153 cm³/mol. The summed E-state index contributed by atoms with van der Waals surface area (Å²) in [6.45, 7) is 5.24. The van der Waals surface area contributed by atoms with Crippen molar-refractivity contribution in [1.82, 2.24) is 9.55 Å². The zero-order valence-electron chi connectivity index (χ0n) is 23.7. The fourth-order valence-electron chi connectivity index (χ4n) is 4.79. The van der Waals surface area contributed by atoms with Crippen LogP contribution in [0.25, 0.3) is 11.0 Å². The van der Waals surface area contributed by atoms with Gasteiger partial charge in [-0.15, -0.1) is 0 Å². The second-order valence-electron chi connectivity index (χ2n) is 10.1. The first kappa shape index (κ1) is 29.4. The molecule has 2 heterocycles. The van der Waals surface area contributed by atoms with Gasteiger partial charge in [-0.05, 0) is 51.1 Å². The van der Waals surface area contributed by atoms with E-state index in [0.717, 1.165) is 11.1 Å². The highest BCUT2D eigenvalue weighted by Gasteiger charge is 2.41. The first-order valence-corrected chi connectivity index (χ1v) is 13.6. The van der Waals surface area contributed by atoms with Crippen LogP contribution in [0.4, 0.5) is 5.69 Å². The van der Waals surface area contributed by atoms with Gasteiger partial charge in [0.25, 0.3) is 5.69 Å². The largest absolute Gasteiger partial charge is 0.462 e. The molecule has 1 aliphatic rings. The lowest BCUT2D eigenvalue weighted by molar-refractivity contribution is -0.385. The highest BCUT2D eigenvalue weighted by Crippen LogP contribution is 2.35. The summed E-state index contributed by atoms with van der Waals surface area (Å²) in [5.74, 6) is -1.98. The maximum atomic E-state index is 13.0. The van der Waals surface area contributed by atoms with Gasteiger partial charge in [-0.25, -0.2) is 19.4 Å². The summed E-state index contributed by atoms with van der Waals surface area (Å²) in [7, 11) is 0. The normalized spacial score (nSPS) is 17.9. The molecule has 5 rings (SSSR count). The number of nitro groups is 1. The summed E-state index contributed by atoms with van der Waals surface area (Å²) in [6.07, 6.45) is -0.839. The van der Waals surface area contributed by atoms with Crippen LogP contribution in [-0.2, 0) is 18.9 Å². The second kappa shape index (κ2) is 12.4. The zero-order valence-corrected chi connectivity index (χ0v) is 23.7. The smallest absolute Gasteiger partial charge is 0.345 e. The van der Waals surface area contributed by atoms with Gasteiger partial charge >= 0.3 is 17.9 Å². The van der Waals surface area contributed by atoms with Crippen LogP contribution >= 0.6 is 0 Å². The van der Waals surface area contributed by atoms with Crippen molar-refractivity contribution < 1.29 is 38.3 Å². The Hall–Kier alpha value is -5.10. The number of benzene rings is 3. The summed E-state index contributed by atoms with van der Waals surface area (Å²) in [5.41, 5.74) is 2.65. The molecular formula is C31H29N3O9. The van der Waals surface area contributed by atoms with Crippen molar-refractivity contribution in [3.8, 4) is 0 Å². The predicted octanol–water partition coefficient (Wildman–Crippen LogP) is 5.11. The van der Waals surface area contributed by atoms with Gasteiger partial charge in [-0.2, -0.15) is 0 Å². The molecule has 43 heavy (non-hydrogen) atoms. The van der Waals surface area contributed by atoms with Gasteiger partial charge in [0.05, 0.1) is 40.0 Å². The number of aromatic nitrogens is 2. The molecule has 1 aliphatic heterocycles. The third-order valence-corrected chi connectivity index (χ3v) is 7.09. The topological polar surface area (TPSA) is 149 Å². The minimum absolute atomic E-state index is 0.0377. The van der Waals surface area contributed by atoms with E-state index in [1.54, 1.807) is 60.0 Å². The van der Waals surface area contributed by atoms with E-state index in [0.29, 0.717) is 16.6 Å². The van der Waals surface area contributed by atoms with Crippen molar-refractivity contribution in [1.29, 1.82) is 0 Å². The van der Waals surface area contributed by atoms with Crippen molar-refractivity contribution in [2.75, 3.05) is 13.2 Å². The summed E-state index contributed by atoms with van der Waals surface area (Å²) in [6, 6.07) is 16.3. The Morgan fingerprint density at radius 1 is 0.953 bits per heavy atom. The molecule has 0 radical (unpaired) electrons. The van der Waals surface area contributed by atoms with Crippen LogP contribution in [0, 0.1) is 24.0 Å². The first-order chi connectivity index (χ1) is 20.6. The third-order valence-electron chi connectivity index (χ3n) is 7.09. The molecular weight excluding hydrogens is 558 g/mol. The molecule has 0 N–H and O–H groups in total. The second-order valence-corrected chi connectivity index (χ2v) is 10.1. The number of carbonyl (C=O) groups is 3. The minimum atomic E-state index is -0.845. The van der Waals surface area contributed by atoms with Gasteiger partial charge < -0.3 is 23.5 Å². The van der Waals surface area contributed by atoms with Crippen molar-refractivity contribution in [3.05, 3.63) is 105 Å². The van der Waals surface area contributed by atoms with Crippen LogP contribution in [0.1, 0.15) is 61.8 Å². The maximum Gasteiger partial charge on any atom is 0.345 e. The molecule has 222 valence electrons. The third kappa shape index (κ3) is 6.38. The van der Waals surface area contributed by atoms with Gasteiger partial charge in [0.1, 0.15) is 30.6 Å². The van der Waals surface area contributed by atoms with Crippen molar-refractivity contribution >= 4 is 34.6 Å². The van der Waals surface area contributed by atoms with E-state index in [4.69, 9.17) is 18.9 Å². The van der Waals surface area contributed by atoms with Crippen molar-refractivity contribution in [2.45, 2.75) is 45.6 Å². The van der Waals surface area contributed by atoms with Crippen molar-refractivity contribution in [2.24, 2.45) is 0 Å². The molecule has 0 bridgehead atoms. The SMILES string of the molecule is CCOC(=O)c1cc2c(cc1[N+](=O)[O-])ncn2[C@H]1C[C@H](OC(=O)c2ccc(C)cc2)[C@@H](COC(=O)c2ccc(C)cc2)O1. The molecule has 0 amide bonds. The molecule has 4 aromatic rings. The van der Waals surface area contributed by atoms with E-state index in [9.17, 15) is 24.5 Å². The van der Waals surface area contributed by atoms with Gasteiger partial charge in [-0.1, -0.05) is 35.4 Å². The van der Waals surface area contributed by atoms with Crippen LogP contribution < -0.4 is 0 Å². The number of rotatable bonds is 9. The Balaban J connectivity index is 1.42. The Bertz CT molecular complexity index is 1680. The number of fused-ring (bicyclic) bond motifs is 1. The number of imidazole rings is 1. The lowest BCUT2D eigenvalue weighted by Gasteiger charge is -2.19. The first-order valence-electron chi connectivity index (χ1n) is 13.6. The van der Waals surface area contributed by atoms with Gasteiger partial charge in [0.2, 0.25) is 0 Å². The molecule has 0 aliphatic carbocycles. The van der Waals surface area contributed by atoms with Crippen LogP contribution in [0.15, 0.2) is 67.0 Å². The van der Waals surface area contributed by atoms with Crippen LogP contribution in [0.5, 0.6) is 0 Å². The summed E-state index contributed by atoms with van der Waals surface area (Å²) in [5, 5.41) is 11.7. The maximum absolute atomic E-state index is 13.0. The van der Waals surface area contributed by atoms with Gasteiger partial charge in [0, 0.05) is 12.5 Å². The molecule has 12 heteroatoms. The number of nitrogens with zero attached hydrogens (tertiary/aromatic N) is 3. The number of esters is 3. The van der Waals surface area contributed by atoms with Gasteiger partial charge in [0.15, 0.2) is 0 Å². The highest BCUT2D eigenvalue weighted by atomic mass is 16.6. The average Bonchev–Trinajstić information content (AvgIpc) is 3.59. The molecule has 0 spiro atoms. The van der Waals surface area contributed by atoms with Crippen molar-refractivity contribution in [3.63, 3.8) is 0 Å². The van der Waals surface area contributed by atoms with Crippen LogP contribution in [0.3, 0.4) is 0 Å². The van der Waals surface area contributed by atoms with E-state index in [1.807, 2.05) is 13.8 Å². The summed E-state index contributed by atoms with van der Waals surface area (Å²) >= 11 is 0. The van der Waals surface area contributed by atoms with Gasteiger partial charge in [-0.3, -0.25) is 10.1 Å². The number of hydrogen-bond donors (Lipinski definition) is 0. The molecule has 3 aromatic carbocycles. The number of aryl methyl sites for hydroxylation is 2. The molecule has 1 saturated heterocycles. The van der Waals surface area contributed by atoms with E-state index < -0.39 is 47.0 Å². The van der Waals surface area contributed by atoms with E-state index >= 15 is 0 Å². The van der Waals surface area contributed by atoms with E-state index in [-0.39, 0.29) is 30.7 Å². The average molecular weight is 588 g/mol. The summed E-state index contributed by atoms with van der Waals surface area (Å²) < 4.78 is 24.2. The Kier molecular flexibility index (Phi) is 8.48. The number of nitro benzene ring substituents is 1. The standard InChI is InChI=1S/C31H29N3O9/c1-4-40-31(37)22-13-25-23(14-24(22)34(38)39)32-17-33(25)28-15-26(43-30(36)21-11-7-19(3)8-12-21)27(42-28)16-41-29(35)20-9-5-18(2)6-10-20/h5-14,17,26-28H,4,15-16H2,1-3H3/t26-,27+,28+/m0/s1. The molecule has 0 saturated carbocycles. The molecule has 12 nitrogen and oxygen atoms in total.